The van der Waals surface area contributed by atoms with Crippen LogP contribution in [-0.2, 0) is 4.74 Å². The molecule has 0 spiro atoms. The fourth-order valence-corrected chi connectivity index (χ4v) is 3.62. The highest BCUT2D eigenvalue weighted by atomic mass is 16.5. The average Bonchev–Trinajstić information content (AvgIpc) is 2.75. The maximum absolute atomic E-state index is 8.58. The van der Waals surface area contributed by atoms with Crippen molar-refractivity contribution in [2.45, 2.75) is 18.9 Å². The van der Waals surface area contributed by atoms with Gasteiger partial charge in [0.15, 0.2) is 0 Å². The zero-order valence-corrected chi connectivity index (χ0v) is 16.2. The molecule has 0 unspecified atom stereocenters. The summed E-state index contributed by atoms with van der Waals surface area (Å²) in [7, 11) is 0. The van der Waals surface area contributed by atoms with E-state index in [9.17, 15) is 0 Å². The lowest BCUT2D eigenvalue weighted by Gasteiger charge is -2.29. The van der Waals surface area contributed by atoms with Crippen molar-refractivity contribution in [3.8, 4) is 6.07 Å². The van der Waals surface area contributed by atoms with E-state index in [1.165, 1.54) is 6.20 Å². The molecule has 1 saturated heterocycles. The summed E-state index contributed by atoms with van der Waals surface area (Å²) in [6.45, 7) is 3.29. The van der Waals surface area contributed by atoms with Gasteiger partial charge in [-0.2, -0.15) is 5.26 Å². The van der Waals surface area contributed by atoms with Gasteiger partial charge in [0.25, 0.3) is 0 Å². The van der Waals surface area contributed by atoms with Crippen LogP contribution in [0.2, 0.25) is 0 Å². The number of hydrogen-bond acceptors (Lipinski definition) is 7. The number of fused-ring (bicyclic) bond motifs is 1. The number of benzene rings is 1. The number of nitrogens with two attached hydrogens (primary N) is 1. The minimum atomic E-state index is 0.266. The molecular weight excluding hydrogens is 364 g/mol. The van der Waals surface area contributed by atoms with Crippen LogP contribution in [-0.4, -0.2) is 48.5 Å². The van der Waals surface area contributed by atoms with Crippen LogP contribution in [0.15, 0.2) is 47.7 Å². The van der Waals surface area contributed by atoms with Crippen molar-refractivity contribution in [1.82, 2.24) is 9.97 Å². The molecule has 148 valence electrons. The van der Waals surface area contributed by atoms with Crippen LogP contribution >= 0.6 is 0 Å². The van der Waals surface area contributed by atoms with E-state index in [1.807, 2.05) is 18.2 Å². The SMILES string of the molecule is N#C/C=C/C1CC(N=CC(=CN)c2cnc3cc(N4CCOCC4)ccc3n2)C1. The van der Waals surface area contributed by atoms with Gasteiger partial charge in [0.1, 0.15) is 0 Å². The average molecular weight is 388 g/mol. The van der Waals surface area contributed by atoms with Gasteiger partial charge in [0.05, 0.1) is 48.2 Å². The number of hydrogen-bond donors (Lipinski definition) is 1. The topological polar surface area (TPSA) is 100 Å². The van der Waals surface area contributed by atoms with Crippen LogP contribution < -0.4 is 10.6 Å². The molecule has 7 nitrogen and oxygen atoms in total. The Morgan fingerprint density at radius 1 is 1.28 bits per heavy atom. The molecule has 1 aliphatic carbocycles. The number of nitrogens with zero attached hydrogens (tertiary/aromatic N) is 5. The first-order valence-corrected chi connectivity index (χ1v) is 9.88. The van der Waals surface area contributed by atoms with E-state index < -0.39 is 0 Å². The van der Waals surface area contributed by atoms with Crippen LogP contribution in [0.25, 0.3) is 16.6 Å². The second-order valence-electron chi connectivity index (χ2n) is 7.30. The number of rotatable bonds is 5. The molecule has 1 saturated carbocycles. The van der Waals surface area contributed by atoms with Gasteiger partial charge in [-0.3, -0.25) is 9.98 Å². The maximum atomic E-state index is 8.58. The van der Waals surface area contributed by atoms with Crippen molar-refractivity contribution in [2.24, 2.45) is 16.6 Å². The summed E-state index contributed by atoms with van der Waals surface area (Å²) in [5.74, 6) is 0.447. The molecule has 2 aromatic rings. The van der Waals surface area contributed by atoms with Gasteiger partial charge >= 0.3 is 0 Å². The van der Waals surface area contributed by atoms with E-state index in [1.54, 1.807) is 18.5 Å². The molecular formula is C22H24N6O. The number of anilines is 1. The van der Waals surface area contributed by atoms with E-state index >= 15 is 0 Å². The summed E-state index contributed by atoms with van der Waals surface area (Å²) < 4.78 is 5.42. The van der Waals surface area contributed by atoms with E-state index in [2.05, 4.69) is 27.0 Å². The molecule has 2 heterocycles. The molecule has 2 N–H and O–H groups in total. The summed E-state index contributed by atoms with van der Waals surface area (Å²) >= 11 is 0. The first kappa shape index (κ1) is 19.1. The van der Waals surface area contributed by atoms with Crippen molar-refractivity contribution >= 4 is 28.5 Å². The largest absolute Gasteiger partial charge is 0.404 e. The molecule has 0 bridgehead atoms. The highest BCUT2D eigenvalue weighted by Gasteiger charge is 2.26. The molecule has 7 heteroatoms. The Hall–Kier alpha value is -3.24. The molecule has 4 rings (SSSR count). The first-order valence-electron chi connectivity index (χ1n) is 9.88. The summed E-state index contributed by atoms with van der Waals surface area (Å²) in [5, 5.41) is 8.58. The Labute approximate surface area is 170 Å². The van der Waals surface area contributed by atoms with Gasteiger partial charge in [-0.15, -0.1) is 0 Å². The third kappa shape index (κ3) is 4.44. The van der Waals surface area contributed by atoms with Crippen molar-refractivity contribution in [3.63, 3.8) is 0 Å². The molecule has 2 aliphatic rings. The van der Waals surface area contributed by atoms with E-state index in [-0.39, 0.29) is 6.04 Å². The third-order valence-corrected chi connectivity index (χ3v) is 5.39. The minimum Gasteiger partial charge on any atom is -0.404 e. The Balaban J connectivity index is 1.46. The second kappa shape index (κ2) is 8.84. The summed E-state index contributed by atoms with van der Waals surface area (Å²) in [4.78, 5) is 16.2. The highest BCUT2D eigenvalue weighted by molar-refractivity contribution is 6.09. The number of aromatic nitrogens is 2. The van der Waals surface area contributed by atoms with E-state index in [4.69, 9.17) is 20.7 Å². The lowest BCUT2D eigenvalue weighted by Crippen LogP contribution is -2.36. The Kier molecular flexibility index (Phi) is 5.82. The van der Waals surface area contributed by atoms with Crippen molar-refractivity contribution in [3.05, 3.63) is 48.4 Å². The van der Waals surface area contributed by atoms with Gasteiger partial charge in [-0.1, -0.05) is 6.08 Å². The molecule has 0 radical (unpaired) electrons. The number of ether oxygens (including phenoxy) is 1. The Bertz CT molecular complexity index is 994. The van der Waals surface area contributed by atoms with Gasteiger partial charge < -0.3 is 15.4 Å². The van der Waals surface area contributed by atoms with Crippen molar-refractivity contribution in [2.75, 3.05) is 31.2 Å². The van der Waals surface area contributed by atoms with Gasteiger partial charge in [-0.05, 0) is 37.0 Å². The van der Waals surface area contributed by atoms with Gasteiger partial charge in [0.2, 0.25) is 0 Å². The maximum Gasteiger partial charge on any atom is 0.0922 e. The van der Waals surface area contributed by atoms with Crippen LogP contribution in [0.3, 0.4) is 0 Å². The molecule has 0 atom stereocenters. The van der Waals surface area contributed by atoms with Gasteiger partial charge in [0, 0.05) is 42.8 Å². The first-order chi connectivity index (χ1) is 14.3. The van der Waals surface area contributed by atoms with Crippen molar-refractivity contribution in [1.29, 1.82) is 5.26 Å². The van der Waals surface area contributed by atoms with Crippen LogP contribution in [0, 0.1) is 17.2 Å². The zero-order chi connectivity index (χ0) is 20.1. The normalized spacial score (nSPS) is 22.9. The van der Waals surface area contributed by atoms with Crippen molar-refractivity contribution < 1.29 is 4.74 Å². The van der Waals surface area contributed by atoms with Gasteiger partial charge in [-0.25, -0.2) is 4.98 Å². The summed E-state index contributed by atoms with van der Waals surface area (Å²) in [5.41, 5.74) is 10.1. The molecule has 29 heavy (non-hydrogen) atoms. The minimum absolute atomic E-state index is 0.266. The highest BCUT2D eigenvalue weighted by Crippen LogP contribution is 2.31. The molecule has 1 aromatic heterocycles. The fraction of sp³-hybridized carbons (Fsp3) is 0.364. The predicted octanol–water partition coefficient (Wildman–Crippen LogP) is 2.70. The molecule has 0 amide bonds. The number of aliphatic imine (C=N–C) groups is 1. The number of allylic oxidation sites excluding steroid dienone is 3. The lowest BCUT2D eigenvalue weighted by molar-refractivity contribution is 0.122. The molecule has 1 aromatic carbocycles. The Morgan fingerprint density at radius 3 is 2.86 bits per heavy atom. The molecule has 2 fully saturated rings. The van der Waals surface area contributed by atoms with Crippen LogP contribution in [0.5, 0.6) is 0 Å². The number of morpholine rings is 1. The third-order valence-electron chi connectivity index (χ3n) is 5.39. The monoisotopic (exact) mass is 388 g/mol. The zero-order valence-electron chi connectivity index (χ0n) is 16.2. The Morgan fingerprint density at radius 2 is 2.10 bits per heavy atom. The molecule has 1 aliphatic heterocycles. The summed E-state index contributed by atoms with van der Waals surface area (Å²) in [6.07, 6.45) is 10.5. The van der Waals surface area contributed by atoms with E-state index in [0.29, 0.717) is 11.6 Å². The van der Waals surface area contributed by atoms with Crippen LogP contribution in [0.4, 0.5) is 5.69 Å². The van der Waals surface area contributed by atoms with E-state index in [0.717, 1.165) is 61.4 Å². The van der Waals surface area contributed by atoms with Crippen LogP contribution in [0.1, 0.15) is 18.5 Å². The quantitative estimate of drug-likeness (QED) is 0.624. The lowest BCUT2D eigenvalue weighted by atomic mass is 9.80. The smallest absolute Gasteiger partial charge is 0.0922 e. The second-order valence-corrected chi connectivity index (χ2v) is 7.30. The fourth-order valence-electron chi connectivity index (χ4n) is 3.62. The summed E-state index contributed by atoms with van der Waals surface area (Å²) in [6, 6.07) is 8.45. The number of nitriles is 1. The predicted molar refractivity (Wildman–Crippen MR) is 114 cm³/mol. The standard InChI is InChI=1S/C22H24N6O/c23-5-1-2-16-10-18(11-16)25-14-17(13-24)22-15-26-21-12-19(3-4-20(21)27-22)28-6-8-29-9-7-28/h1-4,12-16,18H,6-11,24H2/b2-1+,17-13?,25-14?.